The van der Waals surface area contributed by atoms with Crippen molar-refractivity contribution in [3.05, 3.63) is 28.5 Å². The Morgan fingerprint density at radius 2 is 2.25 bits per heavy atom. The van der Waals surface area contributed by atoms with Gasteiger partial charge in [-0.1, -0.05) is 11.6 Å². The molecule has 1 atom stereocenters. The van der Waals surface area contributed by atoms with Gasteiger partial charge in [-0.15, -0.1) is 0 Å². The lowest BCUT2D eigenvalue weighted by atomic mass is 9.92. The molecule has 1 unspecified atom stereocenters. The Kier molecular flexibility index (Phi) is 2.62. The van der Waals surface area contributed by atoms with E-state index in [4.69, 9.17) is 16.3 Å². The Bertz CT molecular complexity index is 421. The van der Waals surface area contributed by atoms with E-state index < -0.39 is 18.2 Å². The molecular weight excluding hydrogens is 243 g/mol. The minimum atomic E-state index is -4.27. The molecule has 0 aliphatic carbocycles. The van der Waals surface area contributed by atoms with E-state index in [0.29, 0.717) is 11.1 Å². The highest BCUT2D eigenvalue weighted by Crippen LogP contribution is 2.43. The summed E-state index contributed by atoms with van der Waals surface area (Å²) in [7, 11) is 0. The number of hydrogen-bond acceptors (Lipinski definition) is 2. The fraction of sp³-hybridized carbons (Fsp3) is 0.500. The van der Waals surface area contributed by atoms with Gasteiger partial charge in [0, 0.05) is 11.8 Å². The summed E-state index contributed by atoms with van der Waals surface area (Å²) in [4.78, 5) is 3.82. The van der Waals surface area contributed by atoms with Crippen LogP contribution in [0.25, 0.3) is 0 Å². The lowest BCUT2D eigenvalue weighted by molar-refractivity contribution is -0.184. The van der Waals surface area contributed by atoms with Gasteiger partial charge in [-0.3, -0.25) is 0 Å². The summed E-state index contributed by atoms with van der Waals surface area (Å²) in [5.74, 6) is 0. The molecule has 2 nitrogen and oxygen atoms in total. The van der Waals surface area contributed by atoms with Crippen LogP contribution in [0, 0.1) is 0 Å². The number of nitrogens with zero attached hydrogens (tertiary/aromatic N) is 1. The highest BCUT2D eigenvalue weighted by atomic mass is 35.5. The first-order valence-corrected chi connectivity index (χ1v) is 5.04. The number of pyridine rings is 1. The van der Waals surface area contributed by atoms with E-state index in [-0.39, 0.29) is 11.8 Å². The second kappa shape index (κ2) is 3.60. The van der Waals surface area contributed by atoms with Gasteiger partial charge in [-0.05, 0) is 18.6 Å². The summed E-state index contributed by atoms with van der Waals surface area (Å²) in [6.45, 7) is 1.56. The summed E-state index contributed by atoms with van der Waals surface area (Å²) in [5.41, 5.74) is -0.207. The van der Waals surface area contributed by atoms with Crippen molar-refractivity contribution >= 4 is 11.6 Å². The first kappa shape index (κ1) is 11.7. The van der Waals surface area contributed by atoms with Crippen molar-refractivity contribution in [1.82, 2.24) is 4.98 Å². The quantitative estimate of drug-likeness (QED) is 0.714. The number of halogens is 4. The van der Waals surface area contributed by atoms with E-state index in [1.807, 2.05) is 0 Å². The molecule has 0 amide bonds. The molecule has 0 aromatic carbocycles. The van der Waals surface area contributed by atoms with Gasteiger partial charge in [0.25, 0.3) is 0 Å². The van der Waals surface area contributed by atoms with Crippen molar-refractivity contribution in [2.75, 3.05) is 0 Å². The first-order chi connectivity index (χ1) is 7.30. The number of hydrogen-bond donors (Lipinski definition) is 0. The van der Waals surface area contributed by atoms with Gasteiger partial charge in [0.2, 0.25) is 0 Å². The van der Waals surface area contributed by atoms with Crippen LogP contribution in [0.5, 0.6) is 0 Å². The molecule has 2 heterocycles. The molecule has 1 aromatic rings. The molecule has 0 N–H and O–H groups in total. The summed E-state index contributed by atoms with van der Waals surface area (Å²) in [6.07, 6.45) is -3.83. The topological polar surface area (TPSA) is 22.1 Å². The minimum Gasteiger partial charge on any atom is -0.365 e. The lowest BCUT2D eigenvalue weighted by Crippen LogP contribution is -2.28. The number of alkyl halides is 3. The molecule has 0 fully saturated rings. The third kappa shape index (κ3) is 2.15. The molecular formula is C10H9ClF3NO. The zero-order valence-corrected chi connectivity index (χ0v) is 9.19. The standard InChI is InChI=1S/C10H9ClF3NO/c1-9(5-10(12,13)14)7-2-8(11)15-3-6(7)4-16-9/h2-3H,4-5H2,1H3. The summed E-state index contributed by atoms with van der Waals surface area (Å²) in [6, 6.07) is 1.44. The largest absolute Gasteiger partial charge is 0.392 e. The van der Waals surface area contributed by atoms with E-state index in [0.717, 1.165) is 0 Å². The molecule has 0 bridgehead atoms. The van der Waals surface area contributed by atoms with Crippen LogP contribution < -0.4 is 0 Å². The molecule has 1 aromatic heterocycles. The van der Waals surface area contributed by atoms with Crippen LogP contribution in [0.2, 0.25) is 5.15 Å². The Morgan fingerprint density at radius 3 is 2.88 bits per heavy atom. The van der Waals surface area contributed by atoms with Crippen LogP contribution in [-0.4, -0.2) is 11.2 Å². The van der Waals surface area contributed by atoms with Crippen LogP contribution in [0.4, 0.5) is 13.2 Å². The normalized spacial score (nSPS) is 24.6. The summed E-state index contributed by atoms with van der Waals surface area (Å²) >= 11 is 5.67. The molecule has 1 aliphatic rings. The van der Waals surface area contributed by atoms with Gasteiger partial charge >= 0.3 is 6.18 Å². The molecule has 16 heavy (non-hydrogen) atoms. The van der Waals surface area contributed by atoms with E-state index in [9.17, 15) is 13.2 Å². The van der Waals surface area contributed by atoms with Crippen molar-refractivity contribution in [2.24, 2.45) is 0 Å². The van der Waals surface area contributed by atoms with Crippen molar-refractivity contribution in [2.45, 2.75) is 31.7 Å². The maximum Gasteiger partial charge on any atom is 0.392 e. The monoisotopic (exact) mass is 251 g/mol. The second-order valence-electron chi connectivity index (χ2n) is 3.98. The van der Waals surface area contributed by atoms with E-state index in [2.05, 4.69) is 4.98 Å². The molecule has 1 aliphatic heterocycles. The fourth-order valence-electron chi connectivity index (χ4n) is 1.91. The van der Waals surface area contributed by atoms with E-state index >= 15 is 0 Å². The fourth-order valence-corrected chi connectivity index (χ4v) is 2.07. The average Bonchev–Trinajstić information content (AvgIpc) is 2.41. The van der Waals surface area contributed by atoms with Gasteiger partial charge in [0.05, 0.1) is 18.6 Å². The SMILES string of the molecule is CC1(CC(F)(F)F)OCc2cnc(Cl)cc21. The molecule has 2 rings (SSSR count). The molecule has 88 valence electrons. The Hall–Kier alpha value is -0.810. The van der Waals surface area contributed by atoms with Crippen LogP contribution in [0.15, 0.2) is 12.3 Å². The number of aromatic nitrogens is 1. The Balaban J connectivity index is 2.38. The van der Waals surface area contributed by atoms with E-state index in [1.54, 1.807) is 0 Å². The average molecular weight is 252 g/mol. The second-order valence-corrected chi connectivity index (χ2v) is 4.36. The third-order valence-electron chi connectivity index (χ3n) is 2.61. The predicted molar refractivity (Wildman–Crippen MR) is 52.1 cm³/mol. The van der Waals surface area contributed by atoms with E-state index in [1.165, 1.54) is 19.2 Å². The Morgan fingerprint density at radius 1 is 1.56 bits per heavy atom. The highest BCUT2D eigenvalue weighted by molar-refractivity contribution is 6.29. The zero-order chi connectivity index (χ0) is 12.0. The number of fused-ring (bicyclic) bond motifs is 1. The van der Waals surface area contributed by atoms with Gasteiger partial charge in [-0.2, -0.15) is 13.2 Å². The van der Waals surface area contributed by atoms with Gasteiger partial charge in [0.1, 0.15) is 5.15 Å². The number of ether oxygens (including phenoxy) is 1. The van der Waals surface area contributed by atoms with Crippen molar-refractivity contribution < 1.29 is 17.9 Å². The smallest absolute Gasteiger partial charge is 0.365 e. The third-order valence-corrected chi connectivity index (χ3v) is 2.81. The predicted octanol–water partition coefficient (Wildman–Crippen LogP) is 3.43. The van der Waals surface area contributed by atoms with Gasteiger partial charge in [0.15, 0.2) is 0 Å². The van der Waals surface area contributed by atoms with Crippen LogP contribution in [0.1, 0.15) is 24.5 Å². The maximum absolute atomic E-state index is 12.4. The van der Waals surface area contributed by atoms with Crippen LogP contribution in [-0.2, 0) is 16.9 Å². The summed E-state index contributed by atoms with van der Waals surface area (Å²) in [5, 5.41) is 0.178. The molecule has 0 saturated heterocycles. The molecule has 6 heteroatoms. The molecule has 0 saturated carbocycles. The first-order valence-electron chi connectivity index (χ1n) is 4.66. The van der Waals surface area contributed by atoms with Crippen molar-refractivity contribution in [3.63, 3.8) is 0 Å². The molecule has 0 spiro atoms. The summed E-state index contributed by atoms with van der Waals surface area (Å²) < 4.78 is 42.5. The number of rotatable bonds is 1. The highest BCUT2D eigenvalue weighted by Gasteiger charge is 2.45. The van der Waals surface area contributed by atoms with Crippen molar-refractivity contribution in [1.29, 1.82) is 0 Å². The van der Waals surface area contributed by atoms with Gasteiger partial charge in [-0.25, -0.2) is 4.98 Å². The molecule has 0 radical (unpaired) electrons. The lowest BCUT2D eigenvalue weighted by Gasteiger charge is -2.25. The zero-order valence-electron chi connectivity index (χ0n) is 8.44. The van der Waals surface area contributed by atoms with Crippen LogP contribution in [0.3, 0.4) is 0 Å². The minimum absolute atomic E-state index is 0.145. The van der Waals surface area contributed by atoms with Crippen LogP contribution >= 0.6 is 11.6 Å². The van der Waals surface area contributed by atoms with Crippen molar-refractivity contribution in [3.8, 4) is 0 Å². The van der Waals surface area contributed by atoms with Gasteiger partial charge < -0.3 is 4.74 Å². The Labute approximate surface area is 95.4 Å². The maximum atomic E-state index is 12.4.